The maximum atomic E-state index is 11.0. The lowest BCUT2D eigenvalue weighted by Gasteiger charge is -2.62. The molecular weight excluding hydrogens is 354 g/mol. The Labute approximate surface area is 171 Å². The van der Waals surface area contributed by atoms with Gasteiger partial charge in [0, 0.05) is 24.4 Å². The number of aliphatic carboxylic acids is 2. The minimum absolute atomic E-state index is 0.0999. The molecule has 0 saturated carbocycles. The first-order valence-corrected chi connectivity index (χ1v) is 11.2. The zero-order valence-electron chi connectivity index (χ0n) is 19.0. The van der Waals surface area contributed by atoms with Gasteiger partial charge in [-0.1, -0.05) is 40.5 Å². The van der Waals surface area contributed by atoms with Gasteiger partial charge in [0.25, 0.3) is 0 Å². The first-order chi connectivity index (χ1) is 13.0. The van der Waals surface area contributed by atoms with Crippen LogP contribution in [-0.4, -0.2) is 45.7 Å². The van der Waals surface area contributed by atoms with Crippen molar-refractivity contribution in [1.29, 1.82) is 0 Å². The second-order valence-corrected chi connectivity index (χ2v) is 9.55. The Kier molecular flexibility index (Phi) is 9.45. The summed E-state index contributed by atoms with van der Waals surface area (Å²) in [5.41, 5.74) is 0.214. The smallest absolute Gasteiger partial charge is 0.303 e. The van der Waals surface area contributed by atoms with Gasteiger partial charge in [-0.25, -0.2) is 0 Å². The standard InChI is InChI=1S/C23H43NO4/c1-7-18-16-19(22(3,4)23(5,8-2)24(18)6)17(13-11-15-21(27)28)12-9-10-14-20(25)26/h17-19H,7-16H2,1-6H3,(H,25,26)(H,27,28). The van der Waals surface area contributed by atoms with E-state index in [0.717, 1.165) is 38.5 Å². The summed E-state index contributed by atoms with van der Waals surface area (Å²) in [5, 5.41) is 18.0. The molecule has 1 aliphatic heterocycles. The molecule has 0 radical (unpaired) electrons. The van der Waals surface area contributed by atoms with Crippen molar-refractivity contribution in [3.63, 3.8) is 0 Å². The first-order valence-electron chi connectivity index (χ1n) is 11.2. The van der Waals surface area contributed by atoms with Crippen LogP contribution in [0.1, 0.15) is 98.8 Å². The van der Waals surface area contributed by atoms with Crippen LogP contribution in [0.2, 0.25) is 0 Å². The van der Waals surface area contributed by atoms with Gasteiger partial charge in [0.1, 0.15) is 0 Å². The summed E-state index contributed by atoms with van der Waals surface area (Å²) in [7, 11) is 2.27. The topological polar surface area (TPSA) is 77.8 Å². The van der Waals surface area contributed by atoms with Crippen molar-refractivity contribution in [2.75, 3.05) is 7.05 Å². The summed E-state index contributed by atoms with van der Waals surface area (Å²) in [6.45, 7) is 11.7. The Morgan fingerprint density at radius 1 is 1.00 bits per heavy atom. The maximum absolute atomic E-state index is 11.0. The fourth-order valence-corrected chi connectivity index (χ4v) is 5.67. The molecule has 1 heterocycles. The SMILES string of the molecule is CCC1CC(C(CCCCC(=O)O)CCCC(=O)O)C(C)(C)C(C)(CC)N1C. The van der Waals surface area contributed by atoms with Crippen LogP contribution in [0.15, 0.2) is 0 Å². The van der Waals surface area contributed by atoms with E-state index in [2.05, 4.69) is 46.6 Å². The third-order valence-corrected chi connectivity index (χ3v) is 8.08. The lowest BCUT2D eigenvalue weighted by Crippen LogP contribution is -2.65. The van der Waals surface area contributed by atoms with Crippen molar-refractivity contribution in [3.05, 3.63) is 0 Å². The number of carboxylic acid groups (broad SMARTS) is 2. The molecule has 5 nitrogen and oxygen atoms in total. The molecule has 0 aliphatic carbocycles. The van der Waals surface area contributed by atoms with Crippen LogP contribution in [-0.2, 0) is 9.59 Å². The molecule has 1 rings (SSSR count). The highest BCUT2D eigenvalue weighted by molar-refractivity contribution is 5.66. The zero-order chi connectivity index (χ0) is 21.5. The van der Waals surface area contributed by atoms with Gasteiger partial charge in [-0.3, -0.25) is 14.5 Å². The van der Waals surface area contributed by atoms with E-state index in [4.69, 9.17) is 10.2 Å². The number of rotatable bonds is 12. The third kappa shape index (κ3) is 5.71. The highest BCUT2D eigenvalue weighted by atomic mass is 16.4. The van der Waals surface area contributed by atoms with Gasteiger partial charge >= 0.3 is 11.9 Å². The highest BCUT2D eigenvalue weighted by Gasteiger charge is 2.54. The van der Waals surface area contributed by atoms with Crippen LogP contribution in [0.5, 0.6) is 0 Å². The van der Waals surface area contributed by atoms with Crippen LogP contribution in [0, 0.1) is 17.3 Å². The third-order valence-electron chi connectivity index (χ3n) is 8.08. The van der Waals surface area contributed by atoms with Gasteiger partial charge in [-0.15, -0.1) is 0 Å². The quantitative estimate of drug-likeness (QED) is 0.429. The average molecular weight is 398 g/mol. The summed E-state index contributed by atoms with van der Waals surface area (Å²) >= 11 is 0. The largest absolute Gasteiger partial charge is 0.481 e. The van der Waals surface area contributed by atoms with E-state index in [0.29, 0.717) is 30.7 Å². The van der Waals surface area contributed by atoms with E-state index >= 15 is 0 Å². The van der Waals surface area contributed by atoms with Crippen molar-refractivity contribution >= 4 is 11.9 Å². The molecule has 2 N–H and O–H groups in total. The summed E-state index contributed by atoms with van der Waals surface area (Å²) in [4.78, 5) is 24.5. The van der Waals surface area contributed by atoms with E-state index in [9.17, 15) is 9.59 Å². The summed E-state index contributed by atoms with van der Waals surface area (Å²) in [5.74, 6) is -0.474. The van der Waals surface area contributed by atoms with Crippen LogP contribution in [0.25, 0.3) is 0 Å². The monoisotopic (exact) mass is 397 g/mol. The van der Waals surface area contributed by atoms with Crippen molar-refractivity contribution in [2.24, 2.45) is 17.3 Å². The van der Waals surface area contributed by atoms with Crippen molar-refractivity contribution in [1.82, 2.24) is 4.90 Å². The van der Waals surface area contributed by atoms with Crippen LogP contribution >= 0.6 is 0 Å². The molecule has 0 aromatic heterocycles. The molecule has 0 spiro atoms. The number of hydrogen-bond donors (Lipinski definition) is 2. The number of nitrogens with zero attached hydrogens (tertiary/aromatic N) is 1. The molecule has 0 bridgehead atoms. The lowest BCUT2D eigenvalue weighted by molar-refractivity contribution is -0.138. The molecule has 5 heteroatoms. The van der Waals surface area contributed by atoms with Gasteiger partial charge in [0.2, 0.25) is 0 Å². The highest BCUT2D eigenvalue weighted by Crippen LogP contribution is 2.55. The van der Waals surface area contributed by atoms with Crippen LogP contribution < -0.4 is 0 Å². The van der Waals surface area contributed by atoms with Gasteiger partial charge in [0.05, 0.1) is 0 Å². The minimum Gasteiger partial charge on any atom is -0.481 e. The summed E-state index contributed by atoms with van der Waals surface area (Å²) in [6.07, 6.45) is 8.06. The molecule has 4 unspecified atom stereocenters. The second kappa shape index (κ2) is 10.6. The molecule has 1 saturated heterocycles. The Morgan fingerprint density at radius 3 is 2.04 bits per heavy atom. The fraction of sp³-hybridized carbons (Fsp3) is 0.913. The molecule has 0 amide bonds. The molecule has 4 atom stereocenters. The molecule has 164 valence electrons. The fourth-order valence-electron chi connectivity index (χ4n) is 5.67. The van der Waals surface area contributed by atoms with E-state index < -0.39 is 11.9 Å². The minimum atomic E-state index is -0.730. The normalized spacial score (nSPS) is 28.8. The van der Waals surface area contributed by atoms with Crippen molar-refractivity contribution < 1.29 is 19.8 Å². The predicted molar refractivity (Wildman–Crippen MR) is 114 cm³/mol. The van der Waals surface area contributed by atoms with E-state index in [-0.39, 0.29) is 23.8 Å². The number of unbranched alkanes of at least 4 members (excludes halogenated alkanes) is 1. The Hall–Kier alpha value is -1.10. The van der Waals surface area contributed by atoms with E-state index in [1.807, 2.05) is 0 Å². The van der Waals surface area contributed by atoms with Gasteiger partial charge in [-0.2, -0.15) is 0 Å². The Morgan fingerprint density at radius 2 is 1.54 bits per heavy atom. The van der Waals surface area contributed by atoms with Gasteiger partial charge < -0.3 is 10.2 Å². The molecule has 28 heavy (non-hydrogen) atoms. The van der Waals surface area contributed by atoms with Crippen LogP contribution in [0.4, 0.5) is 0 Å². The number of carbonyl (C=O) groups is 2. The molecule has 1 fully saturated rings. The molecule has 1 aliphatic rings. The van der Waals surface area contributed by atoms with Crippen molar-refractivity contribution in [3.8, 4) is 0 Å². The van der Waals surface area contributed by atoms with E-state index in [1.165, 1.54) is 0 Å². The molecule has 0 aromatic rings. The molecule has 0 aromatic carbocycles. The summed E-state index contributed by atoms with van der Waals surface area (Å²) < 4.78 is 0. The Bertz CT molecular complexity index is 519. The number of likely N-dealkylation sites (tertiary alicyclic amines) is 1. The average Bonchev–Trinajstić information content (AvgIpc) is 2.62. The number of piperidine rings is 1. The van der Waals surface area contributed by atoms with Gasteiger partial charge in [-0.05, 0) is 69.7 Å². The number of hydrogen-bond acceptors (Lipinski definition) is 3. The van der Waals surface area contributed by atoms with Crippen LogP contribution in [0.3, 0.4) is 0 Å². The summed E-state index contributed by atoms with van der Waals surface area (Å²) in [6, 6.07) is 0.545. The van der Waals surface area contributed by atoms with E-state index in [1.54, 1.807) is 0 Å². The maximum Gasteiger partial charge on any atom is 0.303 e. The molecular formula is C23H43NO4. The zero-order valence-corrected chi connectivity index (χ0v) is 19.0. The Balaban J connectivity index is 3.04. The second-order valence-electron chi connectivity index (χ2n) is 9.55. The first kappa shape index (κ1) is 24.9. The van der Waals surface area contributed by atoms with Gasteiger partial charge in [0.15, 0.2) is 0 Å². The van der Waals surface area contributed by atoms with Crippen molar-refractivity contribution in [2.45, 2.75) is 110 Å². The lowest BCUT2D eigenvalue weighted by atomic mass is 9.54. The predicted octanol–water partition coefficient (Wildman–Crippen LogP) is 5.43. The number of carboxylic acids is 2.